The highest BCUT2D eigenvalue weighted by molar-refractivity contribution is 6.01. The molecule has 2 aromatic carbocycles. The Labute approximate surface area is 177 Å². The van der Waals surface area contributed by atoms with E-state index >= 15 is 0 Å². The summed E-state index contributed by atoms with van der Waals surface area (Å²) in [7, 11) is 1.26. The molecule has 0 fully saturated rings. The maximum Gasteiger partial charge on any atom is 0.408 e. The molecule has 0 spiro atoms. The second kappa shape index (κ2) is 10.6. The van der Waals surface area contributed by atoms with Gasteiger partial charge in [0.15, 0.2) is 5.78 Å². The zero-order valence-electron chi connectivity index (χ0n) is 17.9. The fourth-order valence-corrected chi connectivity index (χ4v) is 3.11. The highest BCUT2D eigenvalue weighted by Crippen LogP contribution is 2.27. The van der Waals surface area contributed by atoms with Gasteiger partial charge in [0, 0.05) is 11.5 Å². The van der Waals surface area contributed by atoms with E-state index in [1.165, 1.54) is 7.11 Å². The number of nitrogens with one attached hydrogen (secondary N) is 1. The fourth-order valence-electron chi connectivity index (χ4n) is 3.11. The number of carbonyl (C=O) groups excluding carboxylic acids is 3. The first-order chi connectivity index (χ1) is 14.2. The van der Waals surface area contributed by atoms with E-state index in [9.17, 15) is 14.4 Å². The molecule has 0 bridgehead atoms. The van der Waals surface area contributed by atoms with E-state index in [0.717, 1.165) is 5.56 Å². The van der Waals surface area contributed by atoms with Crippen LogP contribution in [0.15, 0.2) is 60.7 Å². The summed E-state index contributed by atoms with van der Waals surface area (Å²) in [5.74, 6) is -1.08. The average Bonchev–Trinajstić information content (AvgIpc) is 2.72. The van der Waals surface area contributed by atoms with Gasteiger partial charge in [-0.25, -0.2) is 9.59 Å². The lowest BCUT2D eigenvalue weighted by atomic mass is 9.86. The molecule has 0 aliphatic rings. The number of ketones is 1. The zero-order valence-corrected chi connectivity index (χ0v) is 17.9. The predicted molar refractivity (Wildman–Crippen MR) is 114 cm³/mol. The van der Waals surface area contributed by atoms with Crippen LogP contribution < -0.4 is 5.32 Å². The molecule has 30 heavy (non-hydrogen) atoms. The van der Waals surface area contributed by atoms with Crippen molar-refractivity contribution in [1.82, 2.24) is 5.32 Å². The van der Waals surface area contributed by atoms with Gasteiger partial charge in [0.2, 0.25) is 0 Å². The van der Waals surface area contributed by atoms with Crippen LogP contribution in [0.4, 0.5) is 4.79 Å². The molecule has 0 aromatic heterocycles. The van der Waals surface area contributed by atoms with Crippen LogP contribution in [-0.4, -0.2) is 36.6 Å². The lowest BCUT2D eigenvalue weighted by Crippen LogP contribution is -2.44. The van der Waals surface area contributed by atoms with Gasteiger partial charge in [-0.05, 0) is 39.2 Å². The Balaban J connectivity index is 2.19. The SMILES string of the molecule is COC(=O)C(CCC(C(=O)c1ccccc1)c1ccccc1)NC(=O)OC(C)(C)C. The molecule has 6 nitrogen and oxygen atoms in total. The molecular weight excluding hydrogens is 382 g/mol. The highest BCUT2D eigenvalue weighted by Gasteiger charge is 2.28. The maximum atomic E-state index is 13.2. The molecule has 0 radical (unpaired) electrons. The van der Waals surface area contributed by atoms with Crippen molar-refractivity contribution < 1.29 is 23.9 Å². The summed E-state index contributed by atoms with van der Waals surface area (Å²) in [4.78, 5) is 37.6. The molecule has 0 saturated carbocycles. The number of hydrogen-bond donors (Lipinski definition) is 1. The highest BCUT2D eigenvalue weighted by atomic mass is 16.6. The Morgan fingerprint density at radius 2 is 1.47 bits per heavy atom. The average molecular weight is 411 g/mol. The number of carbonyl (C=O) groups is 3. The summed E-state index contributed by atoms with van der Waals surface area (Å²) in [5, 5.41) is 2.56. The van der Waals surface area contributed by atoms with Crippen LogP contribution in [0, 0.1) is 0 Å². The molecule has 160 valence electrons. The van der Waals surface area contributed by atoms with Crippen LogP contribution >= 0.6 is 0 Å². The second-order valence-corrected chi connectivity index (χ2v) is 7.99. The fraction of sp³-hybridized carbons (Fsp3) is 0.375. The van der Waals surface area contributed by atoms with Crippen LogP contribution in [0.25, 0.3) is 0 Å². The van der Waals surface area contributed by atoms with E-state index in [1.807, 2.05) is 48.5 Å². The van der Waals surface area contributed by atoms with Gasteiger partial charge in [0.05, 0.1) is 7.11 Å². The Kier molecular flexibility index (Phi) is 8.16. The number of hydrogen-bond acceptors (Lipinski definition) is 5. The van der Waals surface area contributed by atoms with E-state index < -0.39 is 29.6 Å². The summed E-state index contributed by atoms with van der Waals surface area (Å²) in [6.45, 7) is 5.22. The maximum absolute atomic E-state index is 13.2. The van der Waals surface area contributed by atoms with Crippen molar-refractivity contribution in [3.8, 4) is 0 Å². The van der Waals surface area contributed by atoms with Gasteiger partial charge in [-0.3, -0.25) is 4.79 Å². The number of benzene rings is 2. The summed E-state index contributed by atoms with van der Waals surface area (Å²) in [6.07, 6.45) is -0.124. The Morgan fingerprint density at radius 3 is 2.00 bits per heavy atom. The van der Waals surface area contributed by atoms with Crippen LogP contribution in [0.2, 0.25) is 0 Å². The minimum Gasteiger partial charge on any atom is -0.467 e. The first kappa shape index (κ1) is 23.1. The molecule has 2 rings (SSSR count). The molecule has 6 heteroatoms. The van der Waals surface area contributed by atoms with Crippen molar-refractivity contribution in [2.24, 2.45) is 0 Å². The van der Waals surface area contributed by atoms with Gasteiger partial charge in [-0.15, -0.1) is 0 Å². The van der Waals surface area contributed by atoms with Crippen molar-refractivity contribution in [3.05, 3.63) is 71.8 Å². The van der Waals surface area contributed by atoms with E-state index in [4.69, 9.17) is 9.47 Å². The first-order valence-electron chi connectivity index (χ1n) is 9.93. The molecule has 0 heterocycles. The molecule has 0 aliphatic heterocycles. The van der Waals surface area contributed by atoms with Crippen LogP contribution in [0.5, 0.6) is 0 Å². The van der Waals surface area contributed by atoms with Crippen molar-refractivity contribution >= 4 is 17.8 Å². The number of rotatable bonds is 8. The summed E-state index contributed by atoms with van der Waals surface area (Å²) >= 11 is 0. The Morgan fingerprint density at radius 1 is 0.900 bits per heavy atom. The summed E-state index contributed by atoms with van der Waals surface area (Å²) in [5.41, 5.74) is 0.758. The number of ether oxygens (including phenoxy) is 2. The number of alkyl carbamates (subject to hydrolysis) is 1. The molecule has 2 unspecified atom stereocenters. The third-order valence-corrected chi connectivity index (χ3v) is 4.50. The quantitative estimate of drug-likeness (QED) is 0.511. The van der Waals surface area contributed by atoms with Crippen molar-refractivity contribution in [3.63, 3.8) is 0 Å². The molecule has 0 aliphatic carbocycles. The van der Waals surface area contributed by atoms with Gasteiger partial charge >= 0.3 is 12.1 Å². The number of Topliss-reactive ketones (excluding diaryl/α,β-unsaturated/α-hetero) is 1. The Bertz CT molecular complexity index is 843. The van der Waals surface area contributed by atoms with Gasteiger partial charge < -0.3 is 14.8 Å². The number of esters is 1. The van der Waals surface area contributed by atoms with Gasteiger partial charge in [-0.2, -0.15) is 0 Å². The van der Waals surface area contributed by atoms with E-state index in [-0.39, 0.29) is 12.2 Å². The summed E-state index contributed by atoms with van der Waals surface area (Å²) < 4.78 is 10.1. The minimum atomic E-state index is -0.917. The first-order valence-corrected chi connectivity index (χ1v) is 9.93. The lowest BCUT2D eigenvalue weighted by Gasteiger charge is -2.24. The largest absolute Gasteiger partial charge is 0.467 e. The topological polar surface area (TPSA) is 81.7 Å². The van der Waals surface area contributed by atoms with Crippen molar-refractivity contribution in [1.29, 1.82) is 0 Å². The van der Waals surface area contributed by atoms with Crippen LogP contribution in [0.1, 0.15) is 55.5 Å². The van der Waals surface area contributed by atoms with Crippen molar-refractivity contribution in [2.75, 3.05) is 7.11 Å². The lowest BCUT2D eigenvalue weighted by molar-refractivity contribution is -0.143. The van der Waals surface area contributed by atoms with E-state index in [1.54, 1.807) is 32.9 Å². The predicted octanol–water partition coefficient (Wildman–Crippen LogP) is 4.50. The van der Waals surface area contributed by atoms with Gasteiger partial charge in [0.1, 0.15) is 11.6 Å². The third-order valence-electron chi connectivity index (χ3n) is 4.50. The smallest absolute Gasteiger partial charge is 0.408 e. The zero-order chi connectivity index (χ0) is 22.1. The van der Waals surface area contributed by atoms with E-state index in [2.05, 4.69) is 5.32 Å². The van der Waals surface area contributed by atoms with E-state index in [0.29, 0.717) is 12.0 Å². The number of methoxy groups -OCH3 is 1. The molecule has 2 aromatic rings. The minimum absolute atomic E-state index is 0.0392. The van der Waals surface area contributed by atoms with Crippen LogP contribution in [0.3, 0.4) is 0 Å². The van der Waals surface area contributed by atoms with Crippen molar-refractivity contribution in [2.45, 2.75) is 51.2 Å². The molecule has 0 saturated heterocycles. The molecule has 2 atom stereocenters. The Hall–Kier alpha value is -3.15. The molecule has 1 amide bonds. The normalized spacial score (nSPS) is 13.1. The monoisotopic (exact) mass is 411 g/mol. The second-order valence-electron chi connectivity index (χ2n) is 7.99. The molecular formula is C24H29NO5. The van der Waals surface area contributed by atoms with Crippen LogP contribution in [-0.2, 0) is 14.3 Å². The molecule has 1 N–H and O–H groups in total. The number of amides is 1. The van der Waals surface area contributed by atoms with Gasteiger partial charge in [-0.1, -0.05) is 60.7 Å². The summed E-state index contributed by atoms with van der Waals surface area (Å²) in [6, 6.07) is 17.5. The standard InChI is InChI=1S/C24H29NO5/c1-24(2,3)30-23(28)25-20(22(27)29-4)16-15-19(17-11-7-5-8-12-17)21(26)18-13-9-6-10-14-18/h5-14,19-20H,15-16H2,1-4H3,(H,25,28). The van der Waals surface area contributed by atoms with Gasteiger partial charge in [0.25, 0.3) is 0 Å². The third kappa shape index (κ3) is 7.03.